The summed E-state index contributed by atoms with van der Waals surface area (Å²) in [5.41, 5.74) is 5.51. The highest BCUT2D eigenvalue weighted by molar-refractivity contribution is 7.80. The molecule has 1 fully saturated rings. The Morgan fingerprint density at radius 1 is 1.58 bits per heavy atom. The van der Waals surface area contributed by atoms with Crippen LogP contribution in [0, 0.1) is 5.92 Å². The maximum absolute atomic E-state index is 5.51. The van der Waals surface area contributed by atoms with E-state index < -0.39 is 0 Å². The maximum atomic E-state index is 5.51. The smallest absolute Gasteiger partial charge is 0.0870 e. The number of rotatable bonds is 2. The van der Waals surface area contributed by atoms with Crippen LogP contribution in [0.4, 0.5) is 0 Å². The fraction of sp³-hybridized carbons (Fsp3) is 0.889. The van der Waals surface area contributed by atoms with E-state index in [0.29, 0.717) is 11.0 Å². The van der Waals surface area contributed by atoms with E-state index in [0.717, 1.165) is 19.0 Å². The summed E-state index contributed by atoms with van der Waals surface area (Å²) < 4.78 is 0. The van der Waals surface area contributed by atoms with E-state index in [2.05, 4.69) is 18.7 Å². The number of hydrogen-bond acceptors (Lipinski definition) is 2. The molecular formula is C9H18N2S. The third-order valence-corrected chi connectivity index (χ3v) is 2.76. The van der Waals surface area contributed by atoms with Gasteiger partial charge < -0.3 is 5.73 Å². The first-order chi connectivity index (χ1) is 5.59. The Morgan fingerprint density at radius 3 is 2.75 bits per heavy atom. The van der Waals surface area contributed by atoms with Gasteiger partial charge in [0.25, 0.3) is 0 Å². The second kappa shape index (κ2) is 4.19. The SMILES string of the molecule is CC1CCN(CC(N)=S)C(C)C1. The van der Waals surface area contributed by atoms with E-state index in [1.165, 1.54) is 12.8 Å². The summed E-state index contributed by atoms with van der Waals surface area (Å²) in [6.07, 6.45) is 2.57. The fourth-order valence-corrected chi connectivity index (χ4v) is 2.06. The normalized spacial score (nSPS) is 31.8. The van der Waals surface area contributed by atoms with Gasteiger partial charge in [-0.3, -0.25) is 4.90 Å². The van der Waals surface area contributed by atoms with Gasteiger partial charge in [0, 0.05) is 12.6 Å². The molecule has 2 atom stereocenters. The van der Waals surface area contributed by atoms with Gasteiger partial charge in [-0.25, -0.2) is 0 Å². The highest BCUT2D eigenvalue weighted by atomic mass is 32.1. The average molecular weight is 186 g/mol. The molecule has 0 amide bonds. The van der Waals surface area contributed by atoms with Crippen molar-refractivity contribution in [1.29, 1.82) is 0 Å². The summed E-state index contributed by atoms with van der Waals surface area (Å²) in [4.78, 5) is 3.00. The molecule has 1 saturated heterocycles. The second-order valence-electron chi connectivity index (χ2n) is 3.92. The van der Waals surface area contributed by atoms with Gasteiger partial charge in [-0.1, -0.05) is 19.1 Å². The molecule has 2 nitrogen and oxygen atoms in total. The Bertz CT molecular complexity index is 170. The molecule has 1 rings (SSSR count). The molecule has 1 heterocycles. The number of likely N-dealkylation sites (tertiary alicyclic amines) is 1. The van der Waals surface area contributed by atoms with Crippen LogP contribution in [-0.2, 0) is 0 Å². The Hall–Kier alpha value is -0.150. The molecule has 1 aliphatic heterocycles. The fourth-order valence-electron chi connectivity index (χ4n) is 1.89. The molecule has 70 valence electrons. The predicted molar refractivity (Wildman–Crippen MR) is 56.2 cm³/mol. The minimum atomic E-state index is 0.622. The van der Waals surface area contributed by atoms with Crippen LogP contribution in [-0.4, -0.2) is 29.0 Å². The zero-order chi connectivity index (χ0) is 9.14. The van der Waals surface area contributed by atoms with Crippen LogP contribution < -0.4 is 5.73 Å². The van der Waals surface area contributed by atoms with Crippen LogP contribution in [0.2, 0.25) is 0 Å². The maximum Gasteiger partial charge on any atom is 0.0870 e. The Labute approximate surface area is 80.1 Å². The monoisotopic (exact) mass is 186 g/mol. The Balaban J connectivity index is 2.39. The van der Waals surface area contributed by atoms with Gasteiger partial charge in [0.15, 0.2) is 0 Å². The van der Waals surface area contributed by atoms with Crippen molar-refractivity contribution in [2.24, 2.45) is 11.7 Å². The summed E-state index contributed by atoms with van der Waals surface area (Å²) in [5.74, 6) is 0.864. The van der Waals surface area contributed by atoms with Crippen molar-refractivity contribution < 1.29 is 0 Å². The molecule has 1 aliphatic rings. The molecule has 3 heteroatoms. The summed E-state index contributed by atoms with van der Waals surface area (Å²) in [5, 5.41) is 0. The lowest BCUT2D eigenvalue weighted by Crippen LogP contribution is -2.44. The van der Waals surface area contributed by atoms with Crippen molar-refractivity contribution in [2.75, 3.05) is 13.1 Å². The first-order valence-corrected chi connectivity index (χ1v) is 5.02. The molecule has 0 aromatic rings. The quantitative estimate of drug-likeness (QED) is 0.661. The first-order valence-electron chi connectivity index (χ1n) is 4.62. The van der Waals surface area contributed by atoms with E-state index in [-0.39, 0.29) is 0 Å². The molecule has 12 heavy (non-hydrogen) atoms. The van der Waals surface area contributed by atoms with E-state index in [4.69, 9.17) is 18.0 Å². The lowest BCUT2D eigenvalue weighted by Gasteiger charge is -2.36. The summed E-state index contributed by atoms with van der Waals surface area (Å²) >= 11 is 4.89. The molecule has 0 aromatic carbocycles. The van der Waals surface area contributed by atoms with Gasteiger partial charge in [-0.15, -0.1) is 0 Å². The summed E-state index contributed by atoms with van der Waals surface area (Å²) in [7, 11) is 0. The van der Waals surface area contributed by atoms with Crippen LogP contribution in [0.3, 0.4) is 0 Å². The second-order valence-corrected chi connectivity index (χ2v) is 4.44. The third kappa shape index (κ3) is 2.72. The lowest BCUT2D eigenvalue weighted by molar-refractivity contribution is 0.149. The predicted octanol–water partition coefficient (Wildman–Crippen LogP) is 1.39. The number of piperidine rings is 1. The van der Waals surface area contributed by atoms with Crippen molar-refractivity contribution in [3.8, 4) is 0 Å². The Morgan fingerprint density at radius 2 is 2.25 bits per heavy atom. The van der Waals surface area contributed by atoms with Crippen LogP contribution in [0.25, 0.3) is 0 Å². The third-order valence-electron chi connectivity index (χ3n) is 2.63. The van der Waals surface area contributed by atoms with E-state index in [9.17, 15) is 0 Å². The standard InChI is InChI=1S/C9H18N2S/c1-7-3-4-11(6-9(10)12)8(2)5-7/h7-8H,3-6H2,1-2H3,(H2,10,12). The van der Waals surface area contributed by atoms with Gasteiger partial charge in [0.05, 0.1) is 4.99 Å². The van der Waals surface area contributed by atoms with Gasteiger partial charge in [-0.2, -0.15) is 0 Å². The lowest BCUT2D eigenvalue weighted by atomic mass is 9.93. The average Bonchev–Trinajstić information content (AvgIpc) is 1.94. The minimum Gasteiger partial charge on any atom is -0.392 e. The van der Waals surface area contributed by atoms with Crippen LogP contribution >= 0.6 is 12.2 Å². The molecular weight excluding hydrogens is 168 g/mol. The van der Waals surface area contributed by atoms with Crippen molar-refractivity contribution in [2.45, 2.75) is 32.7 Å². The number of nitrogens with two attached hydrogens (primary N) is 1. The topological polar surface area (TPSA) is 29.3 Å². The van der Waals surface area contributed by atoms with Gasteiger partial charge in [0.1, 0.15) is 0 Å². The minimum absolute atomic E-state index is 0.622. The number of nitrogens with zero attached hydrogens (tertiary/aromatic N) is 1. The van der Waals surface area contributed by atoms with Crippen molar-refractivity contribution in [3.05, 3.63) is 0 Å². The molecule has 0 spiro atoms. The van der Waals surface area contributed by atoms with Crippen LogP contribution in [0.1, 0.15) is 26.7 Å². The van der Waals surface area contributed by atoms with Crippen LogP contribution in [0.5, 0.6) is 0 Å². The highest BCUT2D eigenvalue weighted by Crippen LogP contribution is 2.21. The summed E-state index contributed by atoms with van der Waals surface area (Å²) in [6, 6.07) is 0.648. The first kappa shape index (κ1) is 9.93. The zero-order valence-corrected chi connectivity index (χ0v) is 8.73. The van der Waals surface area contributed by atoms with Gasteiger partial charge in [0.2, 0.25) is 0 Å². The van der Waals surface area contributed by atoms with Gasteiger partial charge >= 0.3 is 0 Å². The molecule has 0 aromatic heterocycles. The molecule has 0 saturated carbocycles. The number of hydrogen-bond donors (Lipinski definition) is 1. The highest BCUT2D eigenvalue weighted by Gasteiger charge is 2.22. The molecule has 0 aliphatic carbocycles. The van der Waals surface area contributed by atoms with E-state index in [1.807, 2.05) is 0 Å². The van der Waals surface area contributed by atoms with E-state index in [1.54, 1.807) is 0 Å². The zero-order valence-electron chi connectivity index (χ0n) is 7.92. The van der Waals surface area contributed by atoms with Gasteiger partial charge in [-0.05, 0) is 32.2 Å². The largest absolute Gasteiger partial charge is 0.392 e. The van der Waals surface area contributed by atoms with E-state index >= 15 is 0 Å². The molecule has 0 bridgehead atoms. The molecule has 2 N–H and O–H groups in total. The van der Waals surface area contributed by atoms with Crippen molar-refractivity contribution in [1.82, 2.24) is 4.90 Å². The van der Waals surface area contributed by atoms with Crippen LogP contribution in [0.15, 0.2) is 0 Å². The molecule has 2 unspecified atom stereocenters. The molecule has 0 radical (unpaired) electrons. The summed E-state index contributed by atoms with van der Waals surface area (Å²) in [6.45, 7) is 6.52. The Kier molecular flexibility index (Phi) is 3.47. The van der Waals surface area contributed by atoms with Crippen molar-refractivity contribution >= 4 is 17.2 Å². The van der Waals surface area contributed by atoms with Crippen molar-refractivity contribution in [3.63, 3.8) is 0 Å². The number of thiocarbonyl (C=S) groups is 1.